The van der Waals surface area contributed by atoms with Gasteiger partial charge in [0.15, 0.2) is 5.60 Å². The molecule has 0 radical (unpaired) electrons. The van der Waals surface area contributed by atoms with Crippen LogP contribution in [-0.4, -0.2) is 43.3 Å². The molecule has 10 heteroatoms. The van der Waals surface area contributed by atoms with E-state index in [4.69, 9.17) is 18.9 Å². The number of urea groups is 1. The van der Waals surface area contributed by atoms with Gasteiger partial charge in [-0.15, -0.1) is 0 Å². The summed E-state index contributed by atoms with van der Waals surface area (Å²) in [6, 6.07) is 12.1. The number of hydrogen-bond donors (Lipinski definition) is 3. The van der Waals surface area contributed by atoms with Gasteiger partial charge in [0, 0.05) is 24.6 Å². The van der Waals surface area contributed by atoms with E-state index in [-0.39, 0.29) is 18.9 Å². The van der Waals surface area contributed by atoms with Gasteiger partial charge >= 0.3 is 12.0 Å². The number of amides is 3. The number of hydrogen-bond acceptors (Lipinski definition) is 7. The van der Waals surface area contributed by atoms with Gasteiger partial charge in [-0.2, -0.15) is 0 Å². The molecule has 0 fully saturated rings. The van der Waals surface area contributed by atoms with E-state index in [0.717, 1.165) is 11.1 Å². The number of ether oxygens (including phenoxy) is 4. The molecule has 3 N–H and O–H groups in total. The van der Waals surface area contributed by atoms with Gasteiger partial charge in [0.05, 0.1) is 14.2 Å². The second-order valence-corrected chi connectivity index (χ2v) is 10.1. The predicted molar refractivity (Wildman–Crippen MR) is 143 cm³/mol. The van der Waals surface area contributed by atoms with Gasteiger partial charge in [-0.1, -0.05) is 12.1 Å². The minimum Gasteiger partial charge on any atom is -0.497 e. The summed E-state index contributed by atoms with van der Waals surface area (Å²) < 4.78 is 21.7. The van der Waals surface area contributed by atoms with E-state index in [1.807, 2.05) is 32.9 Å². The minimum atomic E-state index is -1.13. The fourth-order valence-electron chi connectivity index (χ4n) is 3.32. The standard InChI is InChI=1S/C28H39N3O7/c1-27(2,3)38-25(33)28(4,5)37-21-14-11-19(12-15-21)9-8-10-24(32)30-31-26(34)29-18-20-13-16-22(35-6)17-23(20)36-7/h11-17H,8-10,18H2,1-7H3,(H,30,32)(H2,29,31,34). The average Bonchev–Trinajstić information content (AvgIpc) is 2.86. The summed E-state index contributed by atoms with van der Waals surface area (Å²) in [6.07, 6.45) is 1.48. The molecule has 2 rings (SSSR count). The molecule has 0 aliphatic rings. The highest BCUT2D eigenvalue weighted by Crippen LogP contribution is 2.25. The Morgan fingerprint density at radius 1 is 0.842 bits per heavy atom. The van der Waals surface area contributed by atoms with Gasteiger partial charge in [-0.3, -0.25) is 10.2 Å². The van der Waals surface area contributed by atoms with Crippen LogP contribution in [0.5, 0.6) is 17.2 Å². The monoisotopic (exact) mass is 529 g/mol. The third-order valence-electron chi connectivity index (χ3n) is 5.31. The Kier molecular flexibility index (Phi) is 10.8. The largest absolute Gasteiger partial charge is 0.497 e. The number of aryl methyl sites for hydroxylation is 1. The van der Waals surface area contributed by atoms with Crippen molar-refractivity contribution in [3.63, 3.8) is 0 Å². The van der Waals surface area contributed by atoms with Crippen molar-refractivity contribution in [2.75, 3.05) is 14.2 Å². The quantitative estimate of drug-likeness (QED) is 0.296. The topological polar surface area (TPSA) is 124 Å². The zero-order valence-corrected chi connectivity index (χ0v) is 23.2. The van der Waals surface area contributed by atoms with E-state index < -0.39 is 23.2 Å². The van der Waals surface area contributed by atoms with Crippen molar-refractivity contribution in [3.8, 4) is 17.2 Å². The summed E-state index contributed by atoms with van der Waals surface area (Å²) in [5.74, 6) is 1.03. The number of esters is 1. The molecule has 0 aliphatic heterocycles. The van der Waals surface area contributed by atoms with Gasteiger partial charge < -0.3 is 24.3 Å². The van der Waals surface area contributed by atoms with Crippen molar-refractivity contribution < 1.29 is 33.3 Å². The van der Waals surface area contributed by atoms with E-state index in [1.165, 1.54) is 7.11 Å². The van der Waals surface area contributed by atoms with E-state index in [2.05, 4.69) is 16.2 Å². The number of hydrazine groups is 1. The number of rotatable bonds is 11. The summed E-state index contributed by atoms with van der Waals surface area (Å²) in [4.78, 5) is 36.5. The van der Waals surface area contributed by atoms with Gasteiger partial charge in [0.25, 0.3) is 0 Å². The maximum absolute atomic E-state index is 12.4. The first-order valence-corrected chi connectivity index (χ1v) is 12.4. The summed E-state index contributed by atoms with van der Waals surface area (Å²) in [5, 5.41) is 2.66. The third kappa shape index (κ3) is 10.2. The molecule has 0 heterocycles. The van der Waals surface area contributed by atoms with E-state index in [9.17, 15) is 14.4 Å². The lowest BCUT2D eigenvalue weighted by molar-refractivity contribution is -0.170. The van der Waals surface area contributed by atoms with E-state index in [0.29, 0.717) is 30.1 Å². The Morgan fingerprint density at radius 2 is 1.50 bits per heavy atom. The van der Waals surface area contributed by atoms with E-state index in [1.54, 1.807) is 51.3 Å². The lowest BCUT2D eigenvalue weighted by Gasteiger charge is -2.29. The van der Waals surface area contributed by atoms with Gasteiger partial charge in [0.1, 0.15) is 22.8 Å². The molecule has 0 spiro atoms. The maximum Gasteiger partial charge on any atom is 0.350 e. The van der Waals surface area contributed by atoms with Crippen LogP contribution in [0, 0.1) is 0 Å². The summed E-state index contributed by atoms with van der Waals surface area (Å²) in [6.45, 7) is 8.97. The Morgan fingerprint density at radius 3 is 2.11 bits per heavy atom. The van der Waals surface area contributed by atoms with Crippen molar-refractivity contribution in [3.05, 3.63) is 53.6 Å². The summed E-state index contributed by atoms with van der Waals surface area (Å²) >= 11 is 0. The van der Waals surface area contributed by atoms with Crippen LogP contribution in [-0.2, 0) is 27.3 Å². The Bertz CT molecular complexity index is 1090. The average molecular weight is 530 g/mol. The first kappa shape index (κ1) is 30.3. The van der Waals surface area contributed by atoms with Crippen molar-refractivity contribution in [2.45, 2.75) is 71.6 Å². The van der Waals surface area contributed by atoms with Gasteiger partial charge in [-0.25, -0.2) is 15.0 Å². The molecule has 0 bridgehead atoms. The summed E-state index contributed by atoms with van der Waals surface area (Å²) in [5.41, 5.74) is 4.79. The molecule has 208 valence electrons. The predicted octanol–water partition coefficient (Wildman–Crippen LogP) is 4.06. The van der Waals surface area contributed by atoms with Crippen LogP contribution >= 0.6 is 0 Å². The van der Waals surface area contributed by atoms with Crippen LogP contribution in [0.4, 0.5) is 4.79 Å². The van der Waals surface area contributed by atoms with Crippen LogP contribution in [0.15, 0.2) is 42.5 Å². The SMILES string of the molecule is COc1ccc(CNC(=O)NNC(=O)CCCc2ccc(OC(C)(C)C(=O)OC(C)(C)C)cc2)c(OC)c1. The van der Waals surface area contributed by atoms with Crippen molar-refractivity contribution in [1.29, 1.82) is 0 Å². The third-order valence-corrected chi connectivity index (χ3v) is 5.31. The Balaban J connectivity index is 1.71. The molecular formula is C28H39N3O7. The molecule has 0 aromatic heterocycles. The fourth-order valence-corrected chi connectivity index (χ4v) is 3.32. The smallest absolute Gasteiger partial charge is 0.350 e. The van der Waals surface area contributed by atoms with Crippen LogP contribution in [0.25, 0.3) is 0 Å². The number of carbonyl (C=O) groups is 3. The molecule has 0 unspecified atom stereocenters. The number of methoxy groups -OCH3 is 2. The van der Waals surface area contributed by atoms with Crippen molar-refractivity contribution in [2.24, 2.45) is 0 Å². The lowest BCUT2D eigenvalue weighted by Crippen LogP contribution is -2.46. The summed E-state index contributed by atoms with van der Waals surface area (Å²) in [7, 11) is 3.10. The highest BCUT2D eigenvalue weighted by Gasteiger charge is 2.34. The molecule has 0 saturated heterocycles. The maximum atomic E-state index is 12.4. The van der Waals surface area contributed by atoms with Gasteiger partial charge in [0.2, 0.25) is 5.91 Å². The highest BCUT2D eigenvalue weighted by atomic mass is 16.6. The molecule has 0 saturated carbocycles. The van der Waals surface area contributed by atoms with E-state index >= 15 is 0 Å². The number of nitrogens with one attached hydrogen (secondary N) is 3. The Labute approximate surface area is 224 Å². The fraction of sp³-hybridized carbons (Fsp3) is 0.464. The molecule has 3 amide bonds. The first-order chi connectivity index (χ1) is 17.8. The second-order valence-electron chi connectivity index (χ2n) is 10.1. The molecule has 38 heavy (non-hydrogen) atoms. The Hall–Kier alpha value is -3.95. The normalized spacial score (nSPS) is 11.2. The molecule has 2 aromatic carbocycles. The van der Waals surface area contributed by atoms with Crippen LogP contribution in [0.3, 0.4) is 0 Å². The molecule has 0 aliphatic carbocycles. The van der Waals surface area contributed by atoms with Crippen molar-refractivity contribution in [1.82, 2.24) is 16.2 Å². The second kappa shape index (κ2) is 13.6. The van der Waals surface area contributed by atoms with Gasteiger partial charge in [-0.05, 0) is 77.3 Å². The molecule has 0 atom stereocenters. The highest BCUT2D eigenvalue weighted by molar-refractivity contribution is 5.81. The molecule has 10 nitrogen and oxygen atoms in total. The van der Waals surface area contributed by atoms with Crippen LogP contribution < -0.4 is 30.4 Å². The number of benzene rings is 2. The zero-order chi connectivity index (χ0) is 28.3. The zero-order valence-electron chi connectivity index (χ0n) is 23.2. The first-order valence-electron chi connectivity index (χ1n) is 12.4. The molecular weight excluding hydrogens is 490 g/mol. The minimum absolute atomic E-state index is 0.212. The van der Waals surface area contributed by atoms with Crippen molar-refractivity contribution >= 4 is 17.9 Å². The number of carbonyl (C=O) groups excluding carboxylic acids is 3. The lowest BCUT2D eigenvalue weighted by atomic mass is 10.1. The molecule has 2 aromatic rings. The van der Waals surface area contributed by atoms with Crippen LogP contribution in [0.1, 0.15) is 58.6 Å². The van der Waals surface area contributed by atoms with Crippen LogP contribution in [0.2, 0.25) is 0 Å².